The van der Waals surface area contributed by atoms with Crippen LogP contribution in [0.4, 0.5) is 10.2 Å². The van der Waals surface area contributed by atoms with Gasteiger partial charge in [-0.15, -0.1) is 0 Å². The predicted molar refractivity (Wildman–Crippen MR) is 318 cm³/mol. The van der Waals surface area contributed by atoms with E-state index < -0.39 is 0 Å². The van der Waals surface area contributed by atoms with Crippen LogP contribution in [0.15, 0.2) is 43.2 Å². The Balaban J connectivity index is 0.876. The van der Waals surface area contributed by atoms with Crippen molar-refractivity contribution >= 4 is 5.82 Å². The lowest BCUT2D eigenvalue weighted by molar-refractivity contribution is -0.172. The van der Waals surface area contributed by atoms with E-state index in [0.717, 1.165) is 82.5 Å². The molecule has 10 heteroatoms. The maximum Gasteiger partial charge on any atom is 0.188 e. The van der Waals surface area contributed by atoms with Gasteiger partial charge in [-0.3, -0.25) is 0 Å². The van der Waals surface area contributed by atoms with Gasteiger partial charge < -0.3 is 24.0 Å². The van der Waals surface area contributed by atoms with Crippen LogP contribution in [0.2, 0.25) is 0 Å². The molecule has 4 fully saturated rings. The van der Waals surface area contributed by atoms with Crippen molar-refractivity contribution in [3.8, 4) is 22.6 Å². The SMILES string of the molecule is CC(C)c1ncncc1-c1cc(F)ccc1Oc1cncnc1N1CC2(CN(CC3CCCCCCCCCCCCCCCCCCCCCCCCCCCCCCCCCCCCCCC4(COCCO4)C3)C2)C1. The van der Waals surface area contributed by atoms with Crippen molar-refractivity contribution in [3.05, 3.63) is 54.8 Å². The molecule has 3 aromatic rings. The minimum Gasteiger partial charge on any atom is -0.451 e. The van der Waals surface area contributed by atoms with Gasteiger partial charge in [0.15, 0.2) is 11.6 Å². The highest BCUT2D eigenvalue weighted by Gasteiger charge is 2.53. The van der Waals surface area contributed by atoms with Gasteiger partial charge in [0, 0.05) is 55.5 Å². The molecule has 0 amide bonds. The van der Waals surface area contributed by atoms with Gasteiger partial charge in [0.25, 0.3) is 0 Å². The summed E-state index contributed by atoms with van der Waals surface area (Å²) >= 11 is 0. The van der Waals surface area contributed by atoms with E-state index in [1.54, 1.807) is 31.1 Å². The van der Waals surface area contributed by atoms with Crippen molar-refractivity contribution < 1.29 is 18.6 Å². The van der Waals surface area contributed by atoms with Gasteiger partial charge in [0.05, 0.1) is 37.3 Å². The number of likely N-dealkylation sites (tertiary alicyclic amines) is 1. The van der Waals surface area contributed by atoms with Crippen LogP contribution in [0.1, 0.15) is 276 Å². The minimum atomic E-state index is -0.335. The number of ether oxygens (including phenoxy) is 3. The molecule has 2 atom stereocenters. The molecule has 1 saturated carbocycles. The van der Waals surface area contributed by atoms with Gasteiger partial charge >= 0.3 is 0 Å². The molecule has 2 spiro atoms. The minimum absolute atomic E-state index is 0.132. The average Bonchev–Trinajstić information content (AvgIpc) is 3.46. The van der Waals surface area contributed by atoms with Crippen LogP contribution < -0.4 is 9.64 Å². The van der Waals surface area contributed by atoms with Gasteiger partial charge in [0.1, 0.15) is 24.2 Å². The Morgan fingerprint density at radius 3 is 1.53 bits per heavy atom. The van der Waals surface area contributed by atoms with Crippen LogP contribution in [0.3, 0.4) is 0 Å². The van der Waals surface area contributed by atoms with Crippen LogP contribution in [0.25, 0.3) is 11.1 Å². The Morgan fingerprint density at radius 1 is 0.558 bits per heavy atom. The first-order valence-corrected chi connectivity index (χ1v) is 32.7. The van der Waals surface area contributed by atoms with Crippen LogP contribution in [-0.4, -0.2) is 83.0 Å². The zero-order chi connectivity index (χ0) is 53.5. The fraction of sp³-hybridized carbons (Fsp3) is 0.791. The second kappa shape index (κ2) is 35.5. The molecule has 2 unspecified atom stereocenters. The highest BCUT2D eigenvalue weighted by atomic mass is 19.1. The first-order valence-electron chi connectivity index (χ1n) is 32.7. The molecule has 9 nitrogen and oxygen atoms in total. The summed E-state index contributed by atoms with van der Waals surface area (Å²) in [4.78, 5) is 23.0. The lowest BCUT2D eigenvalue weighted by Gasteiger charge is -2.61. The molecule has 5 heterocycles. The third kappa shape index (κ3) is 22.0. The number of aromatic nitrogens is 4. The number of nitrogens with zero attached hydrogens (tertiary/aromatic N) is 6. The van der Waals surface area contributed by atoms with Crippen molar-refractivity contribution in [2.24, 2.45) is 11.3 Å². The maximum atomic E-state index is 14.8. The first-order chi connectivity index (χ1) is 37.9. The summed E-state index contributed by atoms with van der Waals surface area (Å²) < 4.78 is 34.5. The molecule has 1 aromatic carbocycles. The Labute approximate surface area is 469 Å². The molecule has 2 aromatic heterocycles. The Morgan fingerprint density at radius 2 is 1.04 bits per heavy atom. The maximum absolute atomic E-state index is 14.8. The van der Waals surface area contributed by atoms with E-state index in [2.05, 4.69) is 38.6 Å². The molecule has 0 N–H and O–H groups in total. The molecule has 0 radical (unpaired) electrons. The topological polar surface area (TPSA) is 85.7 Å². The Kier molecular flexibility index (Phi) is 28.3. The number of anilines is 1. The quantitative estimate of drug-likeness (QED) is 0.230. The van der Waals surface area contributed by atoms with Crippen LogP contribution in [-0.2, 0) is 9.47 Å². The summed E-state index contributed by atoms with van der Waals surface area (Å²) in [5, 5.41) is 0. The molecule has 0 bridgehead atoms. The standard InChI is InChI=1S/C67H109FN6O3/c1-57(2)64-61(47-69-55-71-64)60-45-59(68)40-41-62(60)77-63-48-70-56-72-65(63)74-52-66(53-74)50-73(51-66)49-58-39-37-35-33-31-29-27-25-23-21-19-17-15-13-11-9-7-5-3-4-6-8-10-12-14-16-18-20-22-24-26-28-30-32-34-36-38-42-67(46-58)54-75-43-44-76-67/h40-41,45,47-48,55-58H,3-39,42-44,46,49-54H2,1-2H3. The summed E-state index contributed by atoms with van der Waals surface area (Å²) in [5.41, 5.74) is 2.34. The molecule has 3 saturated heterocycles. The molecule has 3 aliphatic heterocycles. The monoisotopic (exact) mass is 1060 g/mol. The highest BCUT2D eigenvalue weighted by Crippen LogP contribution is 2.46. The van der Waals surface area contributed by atoms with E-state index in [9.17, 15) is 4.39 Å². The van der Waals surface area contributed by atoms with Gasteiger partial charge in [0.2, 0.25) is 0 Å². The number of hydrogen-bond donors (Lipinski definition) is 0. The third-order valence-corrected chi connectivity index (χ3v) is 18.0. The van der Waals surface area contributed by atoms with Gasteiger partial charge in [-0.2, -0.15) is 0 Å². The predicted octanol–water partition coefficient (Wildman–Crippen LogP) is 18.7. The summed E-state index contributed by atoms with van der Waals surface area (Å²) in [7, 11) is 0. The fourth-order valence-electron chi connectivity index (χ4n) is 13.7. The van der Waals surface area contributed by atoms with Gasteiger partial charge in [-0.05, 0) is 49.3 Å². The second-order valence-corrected chi connectivity index (χ2v) is 25.4. The number of hydrogen-bond acceptors (Lipinski definition) is 9. The summed E-state index contributed by atoms with van der Waals surface area (Å²) in [6.07, 6.45) is 61.4. The average molecular weight is 1070 g/mol. The van der Waals surface area contributed by atoms with E-state index in [1.807, 2.05) is 0 Å². The Hall–Kier alpha value is -3.21. The third-order valence-electron chi connectivity index (χ3n) is 18.0. The summed E-state index contributed by atoms with van der Waals surface area (Å²) in [5.74, 6) is 2.29. The van der Waals surface area contributed by atoms with Crippen molar-refractivity contribution in [1.82, 2.24) is 24.8 Å². The van der Waals surface area contributed by atoms with E-state index in [0.29, 0.717) is 23.0 Å². The number of benzene rings is 1. The molecule has 77 heavy (non-hydrogen) atoms. The van der Waals surface area contributed by atoms with Crippen molar-refractivity contribution in [3.63, 3.8) is 0 Å². The summed E-state index contributed by atoms with van der Waals surface area (Å²) in [6, 6.07) is 4.64. The first kappa shape index (κ1) is 61.4. The fourth-order valence-corrected chi connectivity index (χ4v) is 13.7. The van der Waals surface area contributed by atoms with E-state index >= 15 is 0 Å². The zero-order valence-corrected chi connectivity index (χ0v) is 49.2. The van der Waals surface area contributed by atoms with E-state index in [4.69, 9.17) is 19.2 Å². The van der Waals surface area contributed by atoms with Crippen LogP contribution >= 0.6 is 0 Å². The van der Waals surface area contributed by atoms with E-state index in [-0.39, 0.29) is 22.8 Å². The summed E-state index contributed by atoms with van der Waals surface area (Å²) in [6.45, 7) is 11.6. The lowest BCUT2D eigenvalue weighted by Crippen LogP contribution is -2.72. The van der Waals surface area contributed by atoms with Crippen molar-refractivity contribution in [2.45, 2.75) is 276 Å². The second-order valence-electron chi connectivity index (χ2n) is 25.4. The molecular formula is C67H109FN6O3. The molecule has 1 aliphatic carbocycles. The normalized spacial score (nSPS) is 24.8. The van der Waals surface area contributed by atoms with Crippen molar-refractivity contribution in [1.29, 1.82) is 0 Å². The highest BCUT2D eigenvalue weighted by molar-refractivity contribution is 5.73. The van der Waals surface area contributed by atoms with E-state index in [1.165, 1.54) is 250 Å². The smallest absolute Gasteiger partial charge is 0.188 e. The molecule has 7 rings (SSSR count). The van der Waals surface area contributed by atoms with Gasteiger partial charge in [-0.1, -0.05) is 245 Å². The molecular weight excluding hydrogens is 956 g/mol. The number of halogens is 1. The van der Waals surface area contributed by atoms with Crippen LogP contribution in [0.5, 0.6) is 11.5 Å². The van der Waals surface area contributed by atoms with Crippen molar-refractivity contribution in [2.75, 3.05) is 57.4 Å². The number of rotatable bonds is 7. The van der Waals surface area contributed by atoms with Gasteiger partial charge in [-0.25, -0.2) is 24.3 Å². The zero-order valence-electron chi connectivity index (χ0n) is 49.2. The Bertz CT molecular complexity index is 2010. The molecule has 432 valence electrons. The lowest BCUT2D eigenvalue weighted by atomic mass is 9.72. The van der Waals surface area contributed by atoms with Crippen LogP contribution in [0, 0.1) is 17.2 Å². The largest absolute Gasteiger partial charge is 0.451 e. The molecule has 4 aliphatic rings.